The Morgan fingerprint density at radius 3 is 1.93 bits per heavy atom. The molecule has 0 aromatic rings. The highest BCUT2D eigenvalue weighted by atomic mass is 16.5. The molecule has 0 aliphatic heterocycles. The van der Waals surface area contributed by atoms with Gasteiger partial charge in [0.15, 0.2) is 0 Å². The van der Waals surface area contributed by atoms with Crippen molar-refractivity contribution in [3.63, 3.8) is 0 Å². The summed E-state index contributed by atoms with van der Waals surface area (Å²) in [6, 6.07) is 1.51. The standard InChI is InChI=1S/C11H24N2O/c1-8(2)12-10(13-9(3)4)14-11(5,6)7/h8-9H,1-7H3,(H,12,13)/p+1. The first-order valence-electron chi connectivity index (χ1n) is 5.29. The van der Waals surface area contributed by atoms with Gasteiger partial charge in [-0.2, -0.15) is 0 Å². The van der Waals surface area contributed by atoms with Gasteiger partial charge in [0.2, 0.25) is 0 Å². The molecule has 0 unspecified atom stereocenters. The summed E-state index contributed by atoms with van der Waals surface area (Å²) in [6.07, 6.45) is 0. The minimum Gasteiger partial charge on any atom is -0.426 e. The lowest BCUT2D eigenvalue weighted by molar-refractivity contribution is -0.507. The van der Waals surface area contributed by atoms with E-state index in [1.165, 1.54) is 0 Å². The highest BCUT2D eigenvalue weighted by molar-refractivity contribution is 5.67. The highest BCUT2D eigenvalue weighted by Gasteiger charge is 2.20. The maximum absolute atomic E-state index is 5.75. The topological polar surface area (TPSA) is 35.2 Å². The van der Waals surface area contributed by atoms with Crippen molar-refractivity contribution in [2.45, 2.75) is 66.2 Å². The van der Waals surface area contributed by atoms with Crippen molar-refractivity contribution in [3.8, 4) is 0 Å². The van der Waals surface area contributed by atoms with Crippen LogP contribution in [0.4, 0.5) is 0 Å². The fourth-order valence-electron chi connectivity index (χ4n) is 0.931. The van der Waals surface area contributed by atoms with E-state index < -0.39 is 0 Å². The van der Waals surface area contributed by atoms with Crippen molar-refractivity contribution in [1.29, 1.82) is 0 Å². The predicted molar refractivity (Wildman–Crippen MR) is 60.2 cm³/mol. The van der Waals surface area contributed by atoms with E-state index in [1.54, 1.807) is 0 Å². The first-order chi connectivity index (χ1) is 6.20. The molecule has 0 atom stereocenters. The molecule has 0 fully saturated rings. The monoisotopic (exact) mass is 201 g/mol. The second kappa shape index (κ2) is 5.23. The molecule has 0 saturated heterocycles. The maximum atomic E-state index is 5.75. The van der Waals surface area contributed by atoms with Gasteiger partial charge in [-0.1, -0.05) is 0 Å². The molecule has 0 heterocycles. The van der Waals surface area contributed by atoms with E-state index in [1.807, 2.05) is 20.8 Å². The smallest absolute Gasteiger partial charge is 0.426 e. The Hall–Kier alpha value is -0.730. The average Bonchev–Trinajstić information content (AvgIpc) is 1.77. The van der Waals surface area contributed by atoms with E-state index >= 15 is 0 Å². The Balaban J connectivity index is 4.41. The molecule has 0 radical (unpaired) electrons. The summed E-state index contributed by atoms with van der Waals surface area (Å²) in [5.41, 5.74) is -0.168. The molecule has 3 nitrogen and oxygen atoms in total. The van der Waals surface area contributed by atoms with Gasteiger partial charge in [-0.15, -0.1) is 0 Å². The van der Waals surface area contributed by atoms with Crippen LogP contribution in [0.25, 0.3) is 0 Å². The molecular weight excluding hydrogens is 176 g/mol. The molecule has 2 N–H and O–H groups in total. The molecule has 0 aromatic heterocycles. The quantitative estimate of drug-likeness (QED) is 0.508. The van der Waals surface area contributed by atoms with E-state index in [2.05, 4.69) is 38.0 Å². The van der Waals surface area contributed by atoms with Crippen molar-refractivity contribution < 1.29 is 9.73 Å². The number of hydrogen-bond acceptors (Lipinski definition) is 1. The van der Waals surface area contributed by atoms with Crippen molar-refractivity contribution in [1.82, 2.24) is 5.32 Å². The predicted octanol–water partition coefficient (Wildman–Crippen LogP) is 0.645. The fraction of sp³-hybridized carbons (Fsp3) is 0.909. The Morgan fingerprint density at radius 1 is 1.14 bits per heavy atom. The molecule has 0 amide bonds. The van der Waals surface area contributed by atoms with Gasteiger partial charge in [-0.25, -0.2) is 10.3 Å². The highest BCUT2D eigenvalue weighted by Crippen LogP contribution is 2.05. The lowest BCUT2D eigenvalue weighted by Crippen LogP contribution is -2.81. The molecule has 0 aliphatic carbocycles. The third-order valence-corrected chi connectivity index (χ3v) is 1.25. The van der Waals surface area contributed by atoms with Crippen LogP contribution in [0.2, 0.25) is 0 Å². The van der Waals surface area contributed by atoms with Crippen LogP contribution in [0, 0.1) is 0 Å². The summed E-state index contributed by atoms with van der Waals surface area (Å²) in [5.74, 6) is 0. The number of ether oxygens (including phenoxy) is 1. The number of rotatable bonds is 2. The maximum Gasteiger partial charge on any atom is 0.442 e. The van der Waals surface area contributed by atoms with E-state index in [0.717, 1.165) is 6.02 Å². The van der Waals surface area contributed by atoms with Gasteiger partial charge in [-0.05, 0) is 48.5 Å². The van der Waals surface area contributed by atoms with E-state index in [9.17, 15) is 0 Å². The Bertz CT molecular complexity index is 190. The molecule has 0 aliphatic rings. The largest absolute Gasteiger partial charge is 0.442 e. The van der Waals surface area contributed by atoms with Gasteiger partial charge >= 0.3 is 6.02 Å². The Kier molecular flexibility index (Phi) is 4.95. The van der Waals surface area contributed by atoms with Crippen LogP contribution >= 0.6 is 0 Å². The second-order valence-corrected chi connectivity index (χ2v) is 5.14. The fourth-order valence-corrected chi connectivity index (χ4v) is 0.931. The first-order valence-corrected chi connectivity index (χ1v) is 5.29. The molecule has 0 saturated carbocycles. The summed E-state index contributed by atoms with van der Waals surface area (Å²) in [5, 5.41) is 3.25. The molecule has 3 heteroatoms. The third-order valence-electron chi connectivity index (χ3n) is 1.25. The van der Waals surface area contributed by atoms with Crippen LogP contribution in [0.3, 0.4) is 0 Å². The summed E-state index contributed by atoms with van der Waals surface area (Å²) in [4.78, 5) is 3.25. The van der Waals surface area contributed by atoms with E-state index in [0.29, 0.717) is 12.1 Å². The van der Waals surface area contributed by atoms with Gasteiger partial charge in [0.1, 0.15) is 5.60 Å². The van der Waals surface area contributed by atoms with E-state index in [4.69, 9.17) is 4.74 Å². The zero-order valence-electron chi connectivity index (χ0n) is 10.6. The van der Waals surface area contributed by atoms with Crippen molar-refractivity contribution in [3.05, 3.63) is 0 Å². The van der Waals surface area contributed by atoms with Crippen LogP contribution in [0.15, 0.2) is 0 Å². The van der Waals surface area contributed by atoms with Crippen molar-refractivity contribution >= 4 is 6.02 Å². The van der Waals surface area contributed by atoms with Crippen LogP contribution < -0.4 is 10.3 Å². The van der Waals surface area contributed by atoms with Crippen molar-refractivity contribution in [2.75, 3.05) is 0 Å². The van der Waals surface area contributed by atoms with Crippen LogP contribution in [-0.4, -0.2) is 23.7 Å². The lowest BCUT2D eigenvalue weighted by Gasteiger charge is -2.20. The minimum absolute atomic E-state index is 0.168. The normalized spacial score (nSPS) is 13.6. The van der Waals surface area contributed by atoms with Gasteiger partial charge in [0.05, 0.1) is 12.1 Å². The Morgan fingerprint density at radius 2 is 1.64 bits per heavy atom. The number of hydrogen-bond donors (Lipinski definition) is 2. The summed E-state index contributed by atoms with van der Waals surface area (Å²) in [7, 11) is 0. The van der Waals surface area contributed by atoms with Gasteiger partial charge in [0, 0.05) is 0 Å². The molecule has 0 rings (SSSR count). The molecule has 14 heavy (non-hydrogen) atoms. The third kappa shape index (κ3) is 7.90. The molecule has 0 aromatic carbocycles. The van der Waals surface area contributed by atoms with E-state index in [-0.39, 0.29) is 5.60 Å². The number of amidine groups is 1. The van der Waals surface area contributed by atoms with Gasteiger partial charge in [0.25, 0.3) is 0 Å². The lowest BCUT2D eigenvalue weighted by atomic mass is 10.2. The van der Waals surface area contributed by atoms with Crippen LogP contribution in [-0.2, 0) is 4.74 Å². The summed E-state index contributed by atoms with van der Waals surface area (Å²) >= 11 is 0. The number of nitrogens with one attached hydrogen (secondary N) is 2. The second-order valence-electron chi connectivity index (χ2n) is 5.14. The average molecular weight is 201 g/mol. The molecule has 0 bridgehead atoms. The minimum atomic E-state index is -0.168. The SMILES string of the molecule is CC(C)NC(=[NH+]C(C)C)OC(C)(C)C. The first kappa shape index (κ1) is 13.3. The zero-order chi connectivity index (χ0) is 11.4. The summed E-state index contributed by atoms with van der Waals surface area (Å²) in [6.45, 7) is 14.5. The van der Waals surface area contributed by atoms with Crippen LogP contribution in [0.1, 0.15) is 48.5 Å². The molecular formula is C11H25N2O+. The van der Waals surface area contributed by atoms with Gasteiger partial charge < -0.3 is 4.74 Å². The molecule has 84 valence electrons. The Labute approximate surface area is 87.9 Å². The van der Waals surface area contributed by atoms with Crippen LogP contribution in [0.5, 0.6) is 0 Å². The zero-order valence-corrected chi connectivity index (χ0v) is 10.6. The van der Waals surface area contributed by atoms with Crippen molar-refractivity contribution in [2.24, 2.45) is 0 Å². The van der Waals surface area contributed by atoms with Gasteiger partial charge in [-0.3, -0.25) is 0 Å². The summed E-state index contributed by atoms with van der Waals surface area (Å²) < 4.78 is 5.75. The molecule has 0 spiro atoms.